The van der Waals surface area contributed by atoms with Crippen LogP contribution in [0.25, 0.3) is 0 Å². The molecule has 0 aliphatic rings. The van der Waals surface area contributed by atoms with Crippen molar-refractivity contribution in [3.63, 3.8) is 0 Å². The Morgan fingerprint density at radius 2 is 2.40 bits per heavy atom. The van der Waals surface area contributed by atoms with E-state index in [1.165, 1.54) is 17.3 Å². The minimum atomic E-state index is -0.412. The summed E-state index contributed by atoms with van der Waals surface area (Å²) in [7, 11) is 0. The highest BCUT2D eigenvalue weighted by atomic mass is 16.5. The Kier molecular flexibility index (Phi) is 4.65. The van der Waals surface area contributed by atoms with Crippen LogP contribution in [0.5, 0.6) is 5.88 Å². The number of pyridine rings is 1. The minimum Gasteiger partial charge on any atom is -0.478 e. The molecule has 7 heteroatoms. The molecule has 2 aromatic rings. The number of hydrogen-bond donors (Lipinski definition) is 1. The summed E-state index contributed by atoms with van der Waals surface area (Å²) in [4.78, 5) is 20.0. The quantitative estimate of drug-likeness (QED) is 0.848. The number of rotatable bonds is 6. The fourth-order valence-electron chi connectivity index (χ4n) is 1.69. The van der Waals surface area contributed by atoms with Gasteiger partial charge in [-0.25, -0.2) is 14.6 Å². The van der Waals surface area contributed by atoms with Gasteiger partial charge < -0.3 is 10.1 Å². The summed E-state index contributed by atoms with van der Waals surface area (Å²) in [6.07, 6.45) is 4.58. The molecule has 1 atom stereocenters. The van der Waals surface area contributed by atoms with Gasteiger partial charge in [-0.15, -0.1) is 0 Å². The second-order valence-corrected chi connectivity index (χ2v) is 4.17. The summed E-state index contributed by atoms with van der Waals surface area (Å²) in [5, 5.41) is 6.79. The van der Waals surface area contributed by atoms with Crippen molar-refractivity contribution in [2.24, 2.45) is 0 Å². The van der Waals surface area contributed by atoms with E-state index in [1.807, 2.05) is 19.1 Å². The van der Waals surface area contributed by atoms with Crippen molar-refractivity contribution in [3.05, 3.63) is 36.5 Å². The largest absolute Gasteiger partial charge is 0.478 e. The zero-order valence-corrected chi connectivity index (χ0v) is 11.5. The Hall–Kier alpha value is -2.44. The van der Waals surface area contributed by atoms with Gasteiger partial charge in [-0.05, 0) is 19.9 Å². The molecule has 0 saturated heterocycles. The van der Waals surface area contributed by atoms with Gasteiger partial charge in [0.25, 0.3) is 0 Å². The summed E-state index contributed by atoms with van der Waals surface area (Å²) in [6.45, 7) is 4.55. The maximum Gasteiger partial charge on any atom is 0.244 e. The average Bonchev–Trinajstić information content (AvgIpc) is 2.99. The van der Waals surface area contributed by atoms with Gasteiger partial charge in [0.05, 0.1) is 6.61 Å². The van der Waals surface area contributed by atoms with Gasteiger partial charge in [0.15, 0.2) is 0 Å². The predicted octanol–water partition coefficient (Wildman–Crippen LogP) is 0.949. The van der Waals surface area contributed by atoms with Gasteiger partial charge in [0.2, 0.25) is 11.8 Å². The van der Waals surface area contributed by atoms with E-state index in [2.05, 4.69) is 20.4 Å². The molecule has 0 bridgehead atoms. The third kappa shape index (κ3) is 3.31. The number of ether oxygens (including phenoxy) is 1. The Labute approximate surface area is 117 Å². The van der Waals surface area contributed by atoms with Crippen LogP contribution >= 0.6 is 0 Å². The van der Waals surface area contributed by atoms with Crippen LogP contribution in [0, 0.1) is 0 Å². The molecule has 0 fully saturated rings. The molecule has 0 aliphatic carbocycles. The molecule has 0 spiro atoms. The number of nitrogens with zero attached hydrogens (tertiary/aromatic N) is 4. The number of carbonyl (C=O) groups is 1. The SMILES string of the molecule is CCOc1ncccc1CNC(=O)[C@H](C)n1cncn1. The molecule has 2 heterocycles. The molecule has 2 rings (SSSR count). The van der Waals surface area contributed by atoms with Gasteiger partial charge in [0.1, 0.15) is 18.7 Å². The van der Waals surface area contributed by atoms with Crippen molar-refractivity contribution in [2.75, 3.05) is 6.61 Å². The highest BCUT2D eigenvalue weighted by Crippen LogP contribution is 2.14. The highest BCUT2D eigenvalue weighted by molar-refractivity contribution is 5.79. The van der Waals surface area contributed by atoms with Crippen molar-refractivity contribution in [1.82, 2.24) is 25.1 Å². The maximum absolute atomic E-state index is 12.0. The van der Waals surface area contributed by atoms with E-state index in [-0.39, 0.29) is 5.91 Å². The van der Waals surface area contributed by atoms with Gasteiger partial charge in [-0.2, -0.15) is 5.10 Å². The van der Waals surface area contributed by atoms with E-state index in [4.69, 9.17) is 4.74 Å². The van der Waals surface area contributed by atoms with Gasteiger partial charge in [-0.1, -0.05) is 6.07 Å². The number of aromatic nitrogens is 4. The zero-order chi connectivity index (χ0) is 14.4. The highest BCUT2D eigenvalue weighted by Gasteiger charge is 2.15. The molecule has 7 nitrogen and oxygen atoms in total. The van der Waals surface area contributed by atoms with Crippen molar-refractivity contribution in [3.8, 4) is 5.88 Å². The van der Waals surface area contributed by atoms with Crippen LogP contribution in [0.4, 0.5) is 0 Å². The molecule has 0 aromatic carbocycles. The first kappa shape index (κ1) is 14.0. The Bertz CT molecular complexity index is 556. The van der Waals surface area contributed by atoms with Crippen LogP contribution in [0.3, 0.4) is 0 Å². The standard InChI is InChI=1S/C13H17N5O2/c1-3-20-13-11(5-4-6-15-13)7-16-12(19)10(2)18-9-14-8-17-18/h4-6,8-10H,3,7H2,1-2H3,(H,16,19)/t10-/m0/s1. The number of carbonyl (C=O) groups excluding carboxylic acids is 1. The summed E-state index contributed by atoms with van der Waals surface area (Å²) >= 11 is 0. The molecule has 2 aromatic heterocycles. The first-order valence-corrected chi connectivity index (χ1v) is 6.41. The van der Waals surface area contributed by atoms with Crippen LogP contribution in [0.2, 0.25) is 0 Å². The topological polar surface area (TPSA) is 81.9 Å². The van der Waals surface area contributed by atoms with E-state index in [0.717, 1.165) is 5.56 Å². The third-order valence-electron chi connectivity index (χ3n) is 2.80. The van der Waals surface area contributed by atoms with E-state index in [1.54, 1.807) is 13.1 Å². The number of amides is 1. The second-order valence-electron chi connectivity index (χ2n) is 4.17. The monoisotopic (exact) mass is 275 g/mol. The van der Waals surface area contributed by atoms with Crippen molar-refractivity contribution < 1.29 is 9.53 Å². The maximum atomic E-state index is 12.0. The fourth-order valence-corrected chi connectivity index (χ4v) is 1.69. The minimum absolute atomic E-state index is 0.137. The lowest BCUT2D eigenvalue weighted by Gasteiger charge is -2.13. The average molecular weight is 275 g/mol. The lowest BCUT2D eigenvalue weighted by Crippen LogP contribution is -2.31. The summed E-state index contributed by atoms with van der Waals surface area (Å²) in [5.41, 5.74) is 0.841. The van der Waals surface area contributed by atoms with E-state index in [9.17, 15) is 4.79 Å². The van der Waals surface area contributed by atoms with Gasteiger partial charge in [-0.3, -0.25) is 4.79 Å². The summed E-state index contributed by atoms with van der Waals surface area (Å²) < 4.78 is 6.91. The smallest absolute Gasteiger partial charge is 0.244 e. The molecule has 0 radical (unpaired) electrons. The van der Waals surface area contributed by atoms with E-state index < -0.39 is 6.04 Å². The van der Waals surface area contributed by atoms with Gasteiger partial charge in [0, 0.05) is 18.3 Å². The van der Waals surface area contributed by atoms with E-state index >= 15 is 0 Å². The molecular formula is C13H17N5O2. The lowest BCUT2D eigenvalue weighted by molar-refractivity contribution is -0.124. The van der Waals surface area contributed by atoms with Crippen LogP contribution in [-0.2, 0) is 11.3 Å². The van der Waals surface area contributed by atoms with Crippen molar-refractivity contribution in [2.45, 2.75) is 26.4 Å². The van der Waals surface area contributed by atoms with Crippen LogP contribution in [-0.4, -0.2) is 32.3 Å². The molecule has 1 N–H and O–H groups in total. The summed E-state index contributed by atoms with van der Waals surface area (Å²) in [5.74, 6) is 0.408. The normalized spacial score (nSPS) is 11.9. The van der Waals surface area contributed by atoms with Crippen molar-refractivity contribution >= 4 is 5.91 Å². The van der Waals surface area contributed by atoms with Crippen LogP contribution in [0.15, 0.2) is 31.0 Å². The first-order chi connectivity index (χ1) is 9.72. The lowest BCUT2D eigenvalue weighted by atomic mass is 10.2. The number of hydrogen-bond acceptors (Lipinski definition) is 5. The van der Waals surface area contributed by atoms with Crippen LogP contribution < -0.4 is 10.1 Å². The predicted molar refractivity (Wildman–Crippen MR) is 72.0 cm³/mol. The van der Waals surface area contributed by atoms with Crippen LogP contribution in [0.1, 0.15) is 25.5 Å². The number of nitrogens with one attached hydrogen (secondary N) is 1. The fraction of sp³-hybridized carbons (Fsp3) is 0.385. The second kappa shape index (κ2) is 6.65. The molecular weight excluding hydrogens is 258 g/mol. The first-order valence-electron chi connectivity index (χ1n) is 6.41. The summed E-state index contributed by atoms with van der Waals surface area (Å²) in [6, 6.07) is 3.27. The molecule has 106 valence electrons. The van der Waals surface area contributed by atoms with Gasteiger partial charge >= 0.3 is 0 Å². The molecule has 0 aliphatic heterocycles. The van der Waals surface area contributed by atoms with Crippen molar-refractivity contribution in [1.29, 1.82) is 0 Å². The third-order valence-corrected chi connectivity index (χ3v) is 2.80. The molecule has 0 unspecified atom stereocenters. The Morgan fingerprint density at radius 1 is 1.55 bits per heavy atom. The molecule has 20 heavy (non-hydrogen) atoms. The molecule has 1 amide bonds. The molecule has 0 saturated carbocycles. The van der Waals surface area contributed by atoms with E-state index in [0.29, 0.717) is 19.0 Å². The Balaban J connectivity index is 1.96. The Morgan fingerprint density at radius 3 is 3.10 bits per heavy atom. The zero-order valence-electron chi connectivity index (χ0n) is 11.5.